The predicted octanol–water partition coefficient (Wildman–Crippen LogP) is 4.27. The first kappa shape index (κ1) is 21.6. The van der Waals surface area contributed by atoms with Crippen molar-refractivity contribution in [3.8, 4) is 28.6 Å². The van der Waals surface area contributed by atoms with Crippen molar-refractivity contribution in [2.24, 2.45) is 0 Å². The molecule has 1 N–H and O–H groups in total. The maximum atomic E-state index is 11.2. The van der Waals surface area contributed by atoms with Crippen LogP contribution in [0.5, 0.6) is 5.75 Å². The first-order valence-corrected chi connectivity index (χ1v) is 11.0. The topological polar surface area (TPSA) is 108 Å². The van der Waals surface area contributed by atoms with Crippen LogP contribution in [-0.4, -0.2) is 38.0 Å². The van der Waals surface area contributed by atoms with Crippen molar-refractivity contribution in [2.75, 3.05) is 12.4 Å². The number of anilines is 1. The van der Waals surface area contributed by atoms with Gasteiger partial charge in [-0.05, 0) is 43.3 Å². The van der Waals surface area contributed by atoms with Gasteiger partial charge >= 0.3 is 0 Å². The lowest BCUT2D eigenvalue weighted by molar-refractivity contribution is -0.114. The number of thioether (sulfide) groups is 1. The van der Waals surface area contributed by atoms with Crippen LogP contribution >= 0.6 is 11.8 Å². The van der Waals surface area contributed by atoms with E-state index in [1.807, 2.05) is 60.0 Å². The lowest BCUT2D eigenvalue weighted by atomic mass is 10.2. The zero-order valence-electron chi connectivity index (χ0n) is 17.9. The average molecular weight is 451 g/mol. The lowest BCUT2D eigenvalue weighted by Crippen LogP contribution is -2.05. The lowest BCUT2D eigenvalue weighted by Gasteiger charge is -2.08. The number of carbonyl (C=O) groups excluding carboxylic acids is 1. The normalized spacial score (nSPS) is 10.8. The van der Waals surface area contributed by atoms with Crippen molar-refractivity contribution in [3.05, 3.63) is 54.4 Å². The van der Waals surface area contributed by atoms with Crippen LogP contribution < -0.4 is 10.1 Å². The third kappa shape index (κ3) is 4.65. The van der Waals surface area contributed by atoms with Gasteiger partial charge in [0.15, 0.2) is 11.0 Å². The van der Waals surface area contributed by atoms with Gasteiger partial charge in [-0.1, -0.05) is 23.9 Å². The minimum absolute atomic E-state index is 0.108. The van der Waals surface area contributed by atoms with Crippen molar-refractivity contribution in [2.45, 2.75) is 31.3 Å². The van der Waals surface area contributed by atoms with E-state index in [-0.39, 0.29) is 5.91 Å². The van der Waals surface area contributed by atoms with Gasteiger partial charge in [0.2, 0.25) is 11.8 Å². The molecule has 4 rings (SSSR count). The van der Waals surface area contributed by atoms with E-state index in [2.05, 4.69) is 25.7 Å². The Morgan fingerprint density at radius 2 is 1.88 bits per heavy atom. The highest BCUT2D eigenvalue weighted by atomic mass is 32.2. The fourth-order valence-electron chi connectivity index (χ4n) is 3.17. The Balaban J connectivity index is 1.49. The second-order valence-corrected chi connectivity index (χ2v) is 7.74. The van der Waals surface area contributed by atoms with Crippen molar-refractivity contribution >= 4 is 23.4 Å². The van der Waals surface area contributed by atoms with E-state index in [1.54, 1.807) is 7.11 Å². The van der Waals surface area contributed by atoms with Crippen molar-refractivity contribution in [1.29, 1.82) is 0 Å². The molecular weight excluding hydrogens is 428 g/mol. The molecule has 0 spiro atoms. The third-order valence-corrected chi connectivity index (χ3v) is 5.58. The Kier molecular flexibility index (Phi) is 6.50. The molecule has 0 radical (unpaired) electrons. The molecule has 2 heterocycles. The van der Waals surface area contributed by atoms with Crippen LogP contribution in [0.4, 0.5) is 5.69 Å². The second-order valence-electron chi connectivity index (χ2n) is 6.80. The molecule has 164 valence electrons. The summed E-state index contributed by atoms with van der Waals surface area (Å²) in [6, 6.07) is 15.0. The molecule has 0 fully saturated rings. The van der Waals surface area contributed by atoms with E-state index in [9.17, 15) is 4.79 Å². The Morgan fingerprint density at radius 1 is 1.09 bits per heavy atom. The molecule has 1 amide bonds. The van der Waals surface area contributed by atoms with E-state index in [1.165, 1.54) is 18.7 Å². The van der Waals surface area contributed by atoms with Gasteiger partial charge in [0.25, 0.3) is 5.89 Å². The number of amides is 1. The van der Waals surface area contributed by atoms with E-state index in [0.29, 0.717) is 29.8 Å². The zero-order chi connectivity index (χ0) is 22.5. The van der Waals surface area contributed by atoms with Crippen molar-refractivity contribution in [3.63, 3.8) is 0 Å². The fraction of sp³-hybridized carbons (Fsp3) is 0.227. The minimum Gasteiger partial charge on any atom is -0.496 e. The molecule has 0 saturated carbocycles. The van der Waals surface area contributed by atoms with Crippen LogP contribution in [-0.2, 0) is 17.1 Å². The SMILES string of the molecule is CCn1c(SCc2nnc(-c3ccccc3OC)o2)nnc1-c1ccc(NC(C)=O)cc1. The Hall–Kier alpha value is -3.66. The molecule has 0 aliphatic carbocycles. The Labute approximate surface area is 189 Å². The van der Waals surface area contributed by atoms with Gasteiger partial charge < -0.3 is 19.0 Å². The number of nitrogens with one attached hydrogen (secondary N) is 1. The molecule has 0 atom stereocenters. The van der Waals surface area contributed by atoms with E-state index in [0.717, 1.165) is 27.8 Å². The summed E-state index contributed by atoms with van der Waals surface area (Å²) in [5.41, 5.74) is 2.40. The third-order valence-electron chi connectivity index (χ3n) is 4.63. The van der Waals surface area contributed by atoms with Crippen molar-refractivity contribution in [1.82, 2.24) is 25.0 Å². The molecular formula is C22H22N6O3S. The molecule has 0 bridgehead atoms. The highest BCUT2D eigenvalue weighted by Crippen LogP contribution is 2.30. The molecule has 32 heavy (non-hydrogen) atoms. The highest BCUT2D eigenvalue weighted by molar-refractivity contribution is 7.98. The number of rotatable bonds is 8. The maximum Gasteiger partial charge on any atom is 0.251 e. The van der Waals surface area contributed by atoms with Crippen LogP contribution in [0.1, 0.15) is 19.7 Å². The Morgan fingerprint density at radius 3 is 2.59 bits per heavy atom. The van der Waals surface area contributed by atoms with Crippen LogP contribution in [0, 0.1) is 0 Å². The van der Waals surface area contributed by atoms with Gasteiger partial charge in [-0.25, -0.2) is 0 Å². The standard InChI is InChI=1S/C22H22N6O3S/c1-4-28-20(15-9-11-16(12-10-15)23-14(2)29)25-27-22(28)32-13-19-24-26-21(31-19)17-7-5-6-8-18(17)30-3/h5-12H,4,13H2,1-3H3,(H,23,29). The first-order valence-electron chi connectivity index (χ1n) is 9.98. The van der Waals surface area contributed by atoms with E-state index < -0.39 is 0 Å². The fourth-order valence-corrected chi connectivity index (χ4v) is 4.01. The van der Waals surface area contributed by atoms with Gasteiger partial charge in [0.05, 0.1) is 18.4 Å². The van der Waals surface area contributed by atoms with Gasteiger partial charge in [-0.15, -0.1) is 20.4 Å². The number of carbonyl (C=O) groups is 1. The average Bonchev–Trinajstić information content (AvgIpc) is 3.44. The van der Waals surface area contributed by atoms with Crippen molar-refractivity contribution < 1.29 is 13.9 Å². The molecule has 2 aromatic carbocycles. The van der Waals surface area contributed by atoms with E-state index in [4.69, 9.17) is 9.15 Å². The van der Waals surface area contributed by atoms with Crippen LogP contribution in [0.25, 0.3) is 22.8 Å². The molecule has 0 aliphatic rings. The summed E-state index contributed by atoms with van der Waals surface area (Å²) >= 11 is 1.48. The van der Waals surface area contributed by atoms with Gasteiger partial charge in [0, 0.05) is 24.7 Å². The van der Waals surface area contributed by atoms with Crippen LogP contribution in [0.3, 0.4) is 0 Å². The molecule has 2 aromatic heterocycles. The Bertz CT molecular complexity index is 1220. The number of benzene rings is 2. The van der Waals surface area contributed by atoms with E-state index >= 15 is 0 Å². The second kappa shape index (κ2) is 9.65. The number of hydrogen-bond donors (Lipinski definition) is 1. The smallest absolute Gasteiger partial charge is 0.251 e. The summed E-state index contributed by atoms with van der Waals surface area (Å²) < 4.78 is 13.2. The summed E-state index contributed by atoms with van der Waals surface area (Å²) in [7, 11) is 1.61. The predicted molar refractivity (Wildman–Crippen MR) is 121 cm³/mol. The maximum absolute atomic E-state index is 11.2. The number of hydrogen-bond acceptors (Lipinski definition) is 8. The molecule has 9 nitrogen and oxygen atoms in total. The number of aromatic nitrogens is 5. The summed E-state index contributed by atoms with van der Waals surface area (Å²) in [5.74, 6) is 2.68. The van der Waals surface area contributed by atoms with Gasteiger partial charge in [-0.3, -0.25) is 4.79 Å². The summed E-state index contributed by atoms with van der Waals surface area (Å²) in [6.45, 7) is 4.22. The van der Waals surface area contributed by atoms with Crippen LogP contribution in [0.2, 0.25) is 0 Å². The number of methoxy groups -OCH3 is 1. The monoisotopic (exact) mass is 450 g/mol. The quantitative estimate of drug-likeness (QED) is 0.397. The summed E-state index contributed by atoms with van der Waals surface area (Å²) in [5, 5.41) is 20.5. The molecule has 10 heteroatoms. The molecule has 0 aliphatic heterocycles. The number of nitrogens with zero attached hydrogens (tertiary/aromatic N) is 5. The summed E-state index contributed by atoms with van der Waals surface area (Å²) in [6.07, 6.45) is 0. The zero-order valence-corrected chi connectivity index (χ0v) is 18.7. The summed E-state index contributed by atoms with van der Waals surface area (Å²) in [4.78, 5) is 11.2. The highest BCUT2D eigenvalue weighted by Gasteiger charge is 2.17. The largest absolute Gasteiger partial charge is 0.496 e. The van der Waals surface area contributed by atoms with Crippen LogP contribution in [0.15, 0.2) is 58.1 Å². The molecule has 0 saturated heterocycles. The van der Waals surface area contributed by atoms with Gasteiger partial charge in [0.1, 0.15) is 5.75 Å². The molecule has 0 unspecified atom stereocenters. The minimum atomic E-state index is -0.108. The van der Waals surface area contributed by atoms with Gasteiger partial charge in [-0.2, -0.15) is 0 Å². The number of para-hydroxylation sites is 1. The molecule has 4 aromatic rings. The first-order chi connectivity index (χ1) is 15.6. The number of ether oxygens (including phenoxy) is 1.